The molecule has 1 amide bonds. The number of ether oxygens (including phenoxy) is 1. The van der Waals surface area contributed by atoms with Gasteiger partial charge >= 0.3 is 5.97 Å². The average Bonchev–Trinajstić information content (AvgIpc) is 2.60. The normalized spacial score (nSPS) is 11.0. The zero-order chi connectivity index (χ0) is 18.4. The van der Waals surface area contributed by atoms with Gasteiger partial charge in [0.15, 0.2) is 0 Å². The molecule has 0 aromatic heterocycles. The molecule has 0 spiro atoms. The first-order valence-corrected chi connectivity index (χ1v) is 9.04. The zero-order valence-electron chi connectivity index (χ0n) is 13.2. The fraction of sp³-hybridized carbons (Fsp3) is 0.125. The molecule has 0 aliphatic rings. The number of hydrazine groups is 1. The molecule has 0 saturated heterocycles. The second kappa shape index (κ2) is 8.11. The number of rotatable bonds is 6. The van der Waals surface area contributed by atoms with E-state index in [0.29, 0.717) is 5.02 Å². The molecular formula is C16H15ClN2O5S. The van der Waals surface area contributed by atoms with Crippen LogP contribution in [0, 0.1) is 0 Å². The van der Waals surface area contributed by atoms with E-state index < -0.39 is 21.9 Å². The fourth-order valence-corrected chi connectivity index (χ4v) is 2.89. The van der Waals surface area contributed by atoms with Crippen molar-refractivity contribution >= 4 is 33.5 Å². The maximum absolute atomic E-state index is 12.2. The first-order valence-electron chi connectivity index (χ1n) is 7.18. The standard InChI is InChI=1S/C16H15ClN2O5S/c1-2-24-16(21)11-6-8-14(9-7-11)25(22,23)19-18-15(20)12-4-3-5-13(17)10-12/h3-10,19H,2H2,1H3,(H,18,20). The van der Waals surface area contributed by atoms with E-state index in [2.05, 4.69) is 5.43 Å². The molecule has 0 aliphatic carbocycles. The van der Waals surface area contributed by atoms with E-state index in [1.54, 1.807) is 19.1 Å². The van der Waals surface area contributed by atoms with Crippen molar-refractivity contribution in [1.82, 2.24) is 10.3 Å². The van der Waals surface area contributed by atoms with Crippen molar-refractivity contribution in [3.63, 3.8) is 0 Å². The lowest BCUT2D eigenvalue weighted by Gasteiger charge is -2.09. The maximum atomic E-state index is 12.2. The Hall–Kier alpha value is -2.42. The number of carbonyl (C=O) groups excluding carboxylic acids is 2. The first kappa shape index (κ1) is 18.9. The van der Waals surface area contributed by atoms with Crippen LogP contribution in [-0.2, 0) is 14.8 Å². The monoisotopic (exact) mass is 382 g/mol. The van der Waals surface area contributed by atoms with Crippen LogP contribution < -0.4 is 10.3 Å². The number of nitrogens with one attached hydrogen (secondary N) is 2. The van der Waals surface area contributed by atoms with Gasteiger partial charge in [-0.15, -0.1) is 4.83 Å². The summed E-state index contributed by atoms with van der Waals surface area (Å²) in [6.45, 7) is 1.89. The number of halogens is 1. The third-order valence-corrected chi connectivity index (χ3v) is 4.56. The summed E-state index contributed by atoms with van der Waals surface area (Å²) < 4.78 is 29.2. The molecule has 0 saturated carbocycles. The lowest BCUT2D eigenvalue weighted by molar-refractivity contribution is 0.0526. The Morgan fingerprint density at radius 2 is 1.76 bits per heavy atom. The van der Waals surface area contributed by atoms with Crippen LogP contribution in [0.25, 0.3) is 0 Å². The van der Waals surface area contributed by atoms with Crippen molar-refractivity contribution in [3.05, 3.63) is 64.7 Å². The number of sulfonamides is 1. The highest BCUT2D eigenvalue weighted by Gasteiger charge is 2.17. The predicted octanol–water partition coefficient (Wildman–Crippen LogP) is 2.14. The lowest BCUT2D eigenvalue weighted by Crippen LogP contribution is -2.41. The van der Waals surface area contributed by atoms with Crippen LogP contribution in [0.1, 0.15) is 27.6 Å². The van der Waals surface area contributed by atoms with Gasteiger partial charge in [0.2, 0.25) is 0 Å². The highest BCUT2D eigenvalue weighted by molar-refractivity contribution is 7.89. The number of amides is 1. The second-order valence-corrected chi connectivity index (χ2v) is 6.93. The Morgan fingerprint density at radius 3 is 2.36 bits per heavy atom. The van der Waals surface area contributed by atoms with Crippen LogP contribution in [0.4, 0.5) is 0 Å². The van der Waals surface area contributed by atoms with Crippen molar-refractivity contribution in [2.75, 3.05) is 6.61 Å². The summed E-state index contributed by atoms with van der Waals surface area (Å²) in [7, 11) is -4.00. The zero-order valence-corrected chi connectivity index (χ0v) is 14.7. The molecule has 0 heterocycles. The Balaban J connectivity index is 2.06. The fourth-order valence-electron chi connectivity index (χ4n) is 1.86. The molecule has 132 valence electrons. The molecule has 2 N–H and O–H groups in total. The molecule has 0 unspecified atom stereocenters. The summed E-state index contributed by atoms with van der Waals surface area (Å²) in [5.41, 5.74) is 2.52. The van der Waals surface area contributed by atoms with E-state index in [-0.39, 0.29) is 22.6 Å². The number of carbonyl (C=O) groups is 2. The number of hydrogen-bond acceptors (Lipinski definition) is 5. The molecule has 25 heavy (non-hydrogen) atoms. The first-order chi connectivity index (χ1) is 11.8. The quantitative estimate of drug-likeness (QED) is 0.588. The number of esters is 1. The van der Waals surface area contributed by atoms with Gasteiger partial charge < -0.3 is 4.74 Å². The van der Waals surface area contributed by atoms with Crippen molar-refractivity contribution in [3.8, 4) is 0 Å². The lowest BCUT2D eigenvalue weighted by atomic mass is 10.2. The van der Waals surface area contributed by atoms with Crippen LogP contribution in [0.5, 0.6) is 0 Å². The Kier molecular flexibility index (Phi) is 6.13. The summed E-state index contributed by atoms with van der Waals surface area (Å²) in [6.07, 6.45) is 0. The van der Waals surface area contributed by atoms with E-state index >= 15 is 0 Å². The molecular weight excluding hydrogens is 368 g/mol. The van der Waals surface area contributed by atoms with Crippen molar-refractivity contribution in [2.45, 2.75) is 11.8 Å². The molecule has 7 nitrogen and oxygen atoms in total. The third kappa shape index (κ3) is 5.02. The SMILES string of the molecule is CCOC(=O)c1ccc(S(=O)(=O)NNC(=O)c2cccc(Cl)c2)cc1. The molecule has 0 aliphatic heterocycles. The van der Waals surface area contributed by atoms with Crippen LogP contribution in [-0.4, -0.2) is 26.9 Å². The minimum atomic E-state index is -4.00. The van der Waals surface area contributed by atoms with Gasteiger partial charge in [0.05, 0.1) is 17.1 Å². The van der Waals surface area contributed by atoms with Gasteiger partial charge in [-0.2, -0.15) is 0 Å². The average molecular weight is 383 g/mol. The minimum Gasteiger partial charge on any atom is -0.462 e. The summed E-state index contributed by atoms with van der Waals surface area (Å²) >= 11 is 5.78. The number of hydrogen-bond donors (Lipinski definition) is 2. The van der Waals surface area contributed by atoms with Gasteiger partial charge in [-0.3, -0.25) is 10.2 Å². The summed E-state index contributed by atoms with van der Waals surface area (Å²) in [5.74, 6) is -1.21. The largest absolute Gasteiger partial charge is 0.462 e. The van der Waals surface area contributed by atoms with E-state index in [4.69, 9.17) is 16.3 Å². The van der Waals surface area contributed by atoms with Crippen molar-refractivity contribution in [2.24, 2.45) is 0 Å². The third-order valence-electron chi connectivity index (χ3n) is 3.06. The molecule has 0 bridgehead atoms. The highest BCUT2D eigenvalue weighted by atomic mass is 35.5. The van der Waals surface area contributed by atoms with Crippen LogP contribution >= 0.6 is 11.6 Å². The summed E-state index contributed by atoms with van der Waals surface area (Å²) in [5, 5.41) is 0.352. The van der Waals surface area contributed by atoms with Crippen LogP contribution in [0.2, 0.25) is 5.02 Å². The van der Waals surface area contributed by atoms with E-state index in [9.17, 15) is 18.0 Å². The van der Waals surface area contributed by atoms with Gasteiger partial charge in [-0.25, -0.2) is 13.2 Å². The van der Waals surface area contributed by atoms with Crippen LogP contribution in [0.3, 0.4) is 0 Å². The van der Waals surface area contributed by atoms with E-state index in [0.717, 1.165) is 0 Å². The van der Waals surface area contributed by atoms with Gasteiger partial charge in [0.1, 0.15) is 0 Å². The molecule has 2 aromatic carbocycles. The van der Waals surface area contributed by atoms with E-state index in [1.807, 2.05) is 4.83 Å². The molecule has 2 aromatic rings. The van der Waals surface area contributed by atoms with Gasteiger partial charge in [-0.1, -0.05) is 17.7 Å². The van der Waals surface area contributed by atoms with Gasteiger partial charge in [0, 0.05) is 10.6 Å². The maximum Gasteiger partial charge on any atom is 0.338 e. The molecule has 0 atom stereocenters. The molecule has 2 rings (SSSR count). The minimum absolute atomic E-state index is 0.119. The summed E-state index contributed by atoms with van der Waals surface area (Å²) in [4.78, 5) is 25.3. The number of benzene rings is 2. The molecule has 0 radical (unpaired) electrons. The van der Waals surface area contributed by atoms with Gasteiger partial charge in [0.25, 0.3) is 15.9 Å². The Labute approximate surface area is 150 Å². The topological polar surface area (TPSA) is 102 Å². The van der Waals surface area contributed by atoms with E-state index in [1.165, 1.54) is 36.4 Å². The molecule has 0 fully saturated rings. The Morgan fingerprint density at radius 1 is 1.08 bits per heavy atom. The highest BCUT2D eigenvalue weighted by Crippen LogP contribution is 2.12. The van der Waals surface area contributed by atoms with Gasteiger partial charge in [-0.05, 0) is 49.4 Å². The van der Waals surface area contributed by atoms with Crippen molar-refractivity contribution in [1.29, 1.82) is 0 Å². The Bertz CT molecular complexity index is 882. The second-order valence-electron chi connectivity index (χ2n) is 4.81. The van der Waals surface area contributed by atoms with Crippen LogP contribution in [0.15, 0.2) is 53.4 Å². The summed E-state index contributed by atoms with van der Waals surface area (Å²) in [6, 6.07) is 11.2. The van der Waals surface area contributed by atoms with Crippen molar-refractivity contribution < 1.29 is 22.7 Å². The molecule has 9 heteroatoms. The smallest absolute Gasteiger partial charge is 0.338 e. The predicted molar refractivity (Wildman–Crippen MR) is 91.6 cm³/mol.